The van der Waals surface area contributed by atoms with Crippen LogP contribution >= 0.6 is 15.9 Å². The van der Waals surface area contributed by atoms with Gasteiger partial charge < -0.3 is 4.84 Å². The second kappa shape index (κ2) is 7.00. The van der Waals surface area contributed by atoms with Crippen molar-refractivity contribution in [2.24, 2.45) is 5.16 Å². The predicted molar refractivity (Wildman–Crippen MR) is 91.1 cm³/mol. The maximum absolute atomic E-state index is 5.56. The van der Waals surface area contributed by atoms with Crippen molar-refractivity contribution in [3.8, 4) is 5.75 Å². The average molecular weight is 353 g/mol. The minimum atomic E-state index is 0.674. The molecule has 0 aliphatic heterocycles. The summed E-state index contributed by atoms with van der Waals surface area (Å²) in [6.07, 6.45) is 1.74. The van der Waals surface area contributed by atoms with Crippen molar-refractivity contribution in [3.05, 3.63) is 94.7 Å². The third-order valence-electron chi connectivity index (χ3n) is 3.01. The number of hydrogen-bond acceptors (Lipinski definition) is 3. The van der Waals surface area contributed by atoms with Crippen molar-refractivity contribution in [1.29, 1.82) is 0 Å². The van der Waals surface area contributed by atoms with Gasteiger partial charge in [0.05, 0.1) is 5.69 Å². The Morgan fingerprint density at radius 2 is 1.59 bits per heavy atom. The number of benzene rings is 2. The maximum atomic E-state index is 5.56. The summed E-state index contributed by atoms with van der Waals surface area (Å²) in [5, 5.41) is 4.30. The summed E-state index contributed by atoms with van der Waals surface area (Å²) in [4.78, 5) is 9.92. The van der Waals surface area contributed by atoms with E-state index in [1.807, 2.05) is 72.8 Å². The molecule has 4 heteroatoms. The van der Waals surface area contributed by atoms with Gasteiger partial charge in [-0.05, 0) is 36.4 Å². The molecule has 0 saturated heterocycles. The minimum Gasteiger partial charge on any atom is -0.356 e. The highest BCUT2D eigenvalue weighted by Gasteiger charge is 2.08. The molecule has 108 valence electrons. The van der Waals surface area contributed by atoms with Gasteiger partial charge >= 0.3 is 0 Å². The Balaban J connectivity index is 1.95. The summed E-state index contributed by atoms with van der Waals surface area (Å²) in [6.45, 7) is 0. The van der Waals surface area contributed by atoms with E-state index in [0.717, 1.165) is 15.7 Å². The quantitative estimate of drug-likeness (QED) is 0.504. The molecule has 0 bridgehead atoms. The molecule has 0 spiro atoms. The summed E-state index contributed by atoms with van der Waals surface area (Å²) in [5.74, 6) is 0.674. The van der Waals surface area contributed by atoms with E-state index in [2.05, 4.69) is 26.1 Å². The average Bonchev–Trinajstić information content (AvgIpc) is 2.59. The molecule has 0 amide bonds. The van der Waals surface area contributed by atoms with Crippen LogP contribution in [0, 0.1) is 0 Å². The molecule has 0 radical (unpaired) electrons. The van der Waals surface area contributed by atoms with E-state index in [1.54, 1.807) is 6.20 Å². The van der Waals surface area contributed by atoms with Crippen molar-refractivity contribution < 1.29 is 4.84 Å². The normalized spacial score (nSPS) is 11.2. The SMILES string of the molecule is Brc1ccc(O/N=C(\c2ccccc2)c2ccccn2)cc1. The van der Waals surface area contributed by atoms with Crippen molar-refractivity contribution >= 4 is 21.6 Å². The predicted octanol–water partition coefficient (Wildman–Crippen LogP) is 4.68. The first-order valence-corrected chi connectivity index (χ1v) is 7.59. The van der Waals surface area contributed by atoms with Gasteiger partial charge in [0.2, 0.25) is 0 Å². The Hall–Kier alpha value is -2.46. The Bertz CT molecular complexity index is 715. The van der Waals surface area contributed by atoms with Gasteiger partial charge in [-0.2, -0.15) is 0 Å². The highest BCUT2D eigenvalue weighted by molar-refractivity contribution is 9.10. The van der Waals surface area contributed by atoms with Crippen molar-refractivity contribution in [1.82, 2.24) is 4.98 Å². The molecule has 0 atom stereocenters. The van der Waals surface area contributed by atoms with Crippen LogP contribution in [0.2, 0.25) is 0 Å². The van der Waals surface area contributed by atoms with Crippen LogP contribution < -0.4 is 4.84 Å². The van der Waals surface area contributed by atoms with Gasteiger partial charge in [0, 0.05) is 16.2 Å². The number of halogens is 1. The molecule has 0 saturated carbocycles. The van der Waals surface area contributed by atoms with Crippen LogP contribution in [0.15, 0.2) is 88.6 Å². The zero-order valence-electron chi connectivity index (χ0n) is 11.7. The number of pyridine rings is 1. The fourth-order valence-corrected chi connectivity index (χ4v) is 2.20. The third kappa shape index (κ3) is 3.59. The molecule has 2 aromatic carbocycles. The summed E-state index contributed by atoms with van der Waals surface area (Å²) in [7, 11) is 0. The van der Waals surface area contributed by atoms with Gasteiger partial charge in [-0.1, -0.05) is 57.5 Å². The van der Waals surface area contributed by atoms with Gasteiger partial charge in [-0.25, -0.2) is 0 Å². The van der Waals surface area contributed by atoms with E-state index in [-0.39, 0.29) is 0 Å². The molecule has 3 aromatic rings. The zero-order valence-corrected chi connectivity index (χ0v) is 13.3. The summed E-state index contributed by atoms with van der Waals surface area (Å²) in [6, 6.07) is 23.1. The lowest BCUT2D eigenvalue weighted by Gasteiger charge is -2.06. The monoisotopic (exact) mass is 352 g/mol. The Morgan fingerprint density at radius 1 is 0.864 bits per heavy atom. The molecule has 3 rings (SSSR count). The van der Waals surface area contributed by atoms with Crippen molar-refractivity contribution in [2.75, 3.05) is 0 Å². The molecule has 22 heavy (non-hydrogen) atoms. The first-order valence-electron chi connectivity index (χ1n) is 6.80. The van der Waals surface area contributed by atoms with E-state index in [9.17, 15) is 0 Å². The van der Waals surface area contributed by atoms with Crippen LogP contribution in [-0.4, -0.2) is 10.7 Å². The molecule has 3 nitrogen and oxygen atoms in total. The number of nitrogens with zero attached hydrogens (tertiary/aromatic N) is 2. The standard InChI is InChI=1S/C18H13BrN2O/c19-15-9-11-16(12-10-15)22-21-18(14-6-2-1-3-7-14)17-8-4-5-13-20-17/h1-13H/b21-18+. The lowest BCUT2D eigenvalue weighted by molar-refractivity contribution is 0.341. The topological polar surface area (TPSA) is 34.5 Å². The highest BCUT2D eigenvalue weighted by Crippen LogP contribution is 2.17. The molecule has 0 N–H and O–H groups in total. The minimum absolute atomic E-state index is 0.674. The first kappa shape index (κ1) is 14.5. The van der Waals surface area contributed by atoms with Crippen molar-refractivity contribution in [3.63, 3.8) is 0 Å². The lowest BCUT2D eigenvalue weighted by atomic mass is 10.1. The van der Waals surface area contributed by atoms with Gasteiger partial charge in [0.25, 0.3) is 0 Å². The molecule has 0 unspecified atom stereocenters. The van der Waals surface area contributed by atoms with Crippen LogP contribution in [0.5, 0.6) is 5.75 Å². The van der Waals surface area contributed by atoms with Crippen molar-refractivity contribution in [2.45, 2.75) is 0 Å². The largest absolute Gasteiger partial charge is 0.356 e. The van der Waals surface area contributed by atoms with E-state index >= 15 is 0 Å². The van der Waals surface area contributed by atoms with Gasteiger partial charge in [0.15, 0.2) is 5.75 Å². The fraction of sp³-hybridized carbons (Fsp3) is 0. The van der Waals surface area contributed by atoms with E-state index in [0.29, 0.717) is 11.5 Å². The maximum Gasteiger partial charge on any atom is 0.158 e. The van der Waals surface area contributed by atoms with Crippen LogP contribution in [0.3, 0.4) is 0 Å². The van der Waals surface area contributed by atoms with Crippen LogP contribution in [0.25, 0.3) is 0 Å². The Morgan fingerprint density at radius 3 is 2.27 bits per heavy atom. The third-order valence-corrected chi connectivity index (χ3v) is 3.54. The summed E-state index contributed by atoms with van der Waals surface area (Å²) in [5.41, 5.74) is 2.42. The number of hydrogen-bond donors (Lipinski definition) is 0. The summed E-state index contributed by atoms with van der Waals surface area (Å²) < 4.78 is 0.997. The Kier molecular flexibility index (Phi) is 4.61. The first-order chi connectivity index (χ1) is 10.8. The fourth-order valence-electron chi connectivity index (χ4n) is 1.94. The molecule has 1 aromatic heterocycles. The number of oxime groups is 1. The highest BCUT2D eigenvalue weighted by atomic mass is 79.9. The summed E-state index contributed by atoms with van der Waals surface area (Å²) >= 11 is 3.40. The molecule has 0 aliphatic carbocycles. The van der Waals surface area contributed by atoms with Crippen LogP contribution in [0.4, 0.5) is 0 Å². The van der Waals surface area contributed by atoms with E-state index in [1.165, 1.54) is 0 Å². The smallest absolute Gasteiger partial charge is 0.158 e. The van der Waals surface area contributed by atoms with Gasteiger partial charge in [-0.3, -0.25) is 4.98 Å². The second-order valence-corrected chi connectivity index (χ2v) is 5.48. The molecule has 0 fully saturated rings. The van der Waals surface area contributed by atoms with Gasteiger partial charge in [-0.15, -0.1) is 0 Å². The molecular formula is C18H13BrN2O. The van der Waals surface area contributed by atoms with E-state index in [4.69, 9.17) is 4.84 Å². The number of rotatable bonds is 4. The Labute approximate surface area is 137 Å². The van der Waals surface area contributed by atoms with Crippen LogP contribution in [0.1, 0.15) is 11.3 Å². The lowest BCUT2D eigenvalue weighted by Crippen LogP contribution is -2.07. The van der Waals surface area contributed by atoms with Gasteiger partial charge in [0.1, 0.15) is 5.71 Å². The molecule has 1 heterocycles. The van der Waals surface area contributed by atoms with E-state index < -0.39 is 0 Å². The van der Waals surface area contributed by atoms with Crippen LogP contribution in [-0.2, 0) is 0 Å². The second-order valence-electron chi connectivity index (χ2n) is 4.57. The zero-order chi connectivity index (χ0) is 15.2. The molecule has 0 aliphatic rings. The molecular weight excluding hydrogens is 340 g/mol. The number of aromatic nitrogens is 1.